The number of nitrogens with one attached hydrogen (secondary N) is 1. The van der Waals surface area contributed by atoms with Crippen LogP contribution < -0.4 is 5.32 Å². The molecule has 0 radical (unpaired) electrons. The van der Waals surface area contributed by atoms with Crippen LogP contribution in [0.1, 0.15) is 9.67 Å². The molecule has 0 saturated heterocycles. The van der Waals surface area contributed by atoms with Crippen LogP contribution in [0.15, 0.2) is 6.07 Å². The van der Waals surface area contributed by atoms with Crippen LogP contribution in [0.2, 0.25) is 5.15 Å². The number of halogens is 1. The van der Waals surface area contributed by atoms with Crippen molar-refractivity contribution in [3.05, 3.63) is 16.1 Å². The van der Waals surface area contributed by atoms with E-state index in [0.717, 1.165) is 11.5 Å². The van der Waals surface area contributed by atoms with Crippen LogP contribution in [-0.4, -0.2) is 16.8 Å². The third-order valence-corrected chi connectivity index (χ3v) is 2.11. The van der Waals surface area contributed by atoms with Gasteiger partial charge in [0.15, 0.2) is 0 Å². The van der Waals surface area contributed by atoms with E-state index < -0.39 is 0 Å². The third kappa shape index (κ3) is 2.19. The van der Waals surface area contributed by atoms with Crippen molar-refractivity contribution in [2.45, 2.75) is 0 Å². The molecule has 4 nitrogen and oxygen atoms in total. The van der Waals surface area contributed by atoms with Crippen LogP contribution >= 0.6 is 23.1 Å². The monoisotopic (exact) mass is 201 g/mol. The second-order valence-corrected chi connectivity index (χ2v) is 3.05. The molecule has 1 amide bonds. The molecular weight excluding hydrogens is 198 g/mol. The first kappa shape index (κ1) is 8.97. The number of hydrogen-bond acceptors (Lipinski definition) is 4. The Balaban J connectivity index is 2.61. The number of carbonyl (C=O) groups excluding carboxylic acids is 1. The Morgan fingerprint density at radius 3 is 3.17 bits per heavy atom. The van der Waals surface area contributed by atoms with Crippen molar-refractivity contribution in [1.82, 2.24) is 9.69 Å². The average Bonchev–Trinajstić information content (AvgIpc) is 2.47. The van der Waals surface area contributed by atoms with Crippen molar-refractivity contribution in [2.75, 3.05) is 6.54 Å². The molecule has 0 aliphatic carbocycles. The lowest BCUT2D eigenvalue weighted by Gasteiger charge is -1.93. The highest BCUT2D eigenvalue weighted by molar-refractivity contribution is 7.08. The number of nitrogens with zero attached hydrogens (tertiary/aromatic N) is 2. The molecule has 6 heteroatoms. The Labute approximate surface area is 77.9 Å². The molecule has 0 saturated carbocycles. The highest BCUT2D eigenvalue weighted by Gasteiger charge is 2.07. The van der Waals surface area contributed by atoms with Gasteiger partial charge in [-0.15, -0.1) is 0 Å². The largest absolute Gasteiger partial charge is 0.338 e. The molecule has 0 atom stereocenters. The molecule has 1 heterocycles. The maximum Gasteiger partial charge on any atom is 0.263 e. The highest BCUT2D eigenvalue weighted by atomic mass is 35.5. The summed E-state index contributed by atoms with van der Waals surface area (Å²) < 4.78 is 3.71. The molecule has 1 aromatic rings. The lowest BCUT2D eigenvalue weighted by molar-refractivity contribution is 0.0962. The zero-order chi connectivity index (χ0) is 8.97. The predicted octanol–water partition coefficient (Wildman–Crippen LogP) is 1.05. The molecule has 0 aliphatic heterocycles. The van der Waals surface area contributed by atoms with Gasteiger partial charge in [-0.25, -0.2) is 0 Å². The summed E-state index contributed by atoms with van der Waals surface area (Å²) in [6.45, 7) is -0.00560. The molecule has 1 rings (SSSR count). The van der Waals surface area contributed by atoms with Gasteiger partial charge in [0.2, 0.25) is 0 Å². The van der Waals surface area contributed by atoms with E-state index in [4.69, 9.17) is 16.9 Å². The summed E-state index contributed by atoms with van der Waals surface area (Å²) in [7, 11) is 0. The van der Waals surface area contributed by atoms with Crippen molar-refractivity contribution >= 4 is 29.0 Å². The summed E-state index contributed by atoms with van der Waals surface area (Å²) in [4.78, 5) is 11.5. The normalized spacial score (nSPS) is 9.00. The van der Waals surface area contributed by atoms with Gasteiger partial charge in [-0.05, 0) is 11.5 Å². The molecule has 62 valence electrons. The molecule has 12 heavy (non-hydrogen) atoms. The maximum absolute atomic E-state index is 11.1. The Morgan fingerprint density at radius 1 is 1.92 bits per heavy atom. The summed E-state index contributed by atoms with van der Waals surface area (Å²) in [5.74, 6) is -0.319. The minimum absolute atomic E-state index is 0.00560. The smallest absolute Gasteiger partial charge is 0.263 e. The predicted molar refractivity (Wildman–Crippen MR) is 45.1 cm³/mol. The molecule has 0 spiro atoms. The summed E-state index contributed by atoms with van der Waals surface area (Å²) in [6, 6.07) is 3.25. The first-order valence-electron chi connectivity index (χ1n) is 3.01. The lowest BCUT2D eigenvalue weighted by atomic mass is 10.4. The fourth-order valence-electron chi connectivity index (χ4n) is 0.568. The van der Waals surface area contributed by atoms with E-state index >= 15 is 0 Å². The minimum atomic E-state index is -0.319. The fraction of sp³-hybridized carbons (Fsp3) is 0.167. The quantitative estimate of drug-likeness (QED) is 0.728. The van der Waals surface area contributed by atoms with Crippen molar-refractivity contribution in [3.8, 4) is 6.07 Å². The number of carbonyl (C=O) groups is 1. The molecule has 0 unspecified atom stereocenters. The first-order valence-corrected chi connectivity index (χ1v) is 4.16. The van der Waals surface area contributed by atoms with Gasteiger partial charge in [-0.3, -0.25) is 4.79 Å². The van der Waals surface area contributed by atoms with E-state index in [1.807, 2.05) is 0 Å². The summed E-state index contributed by atoms with van der Waals surface area (Å²) in [6.07, 6.45) is 0. The Hall–Kier alpha value is -1.12. The molecular formula is C6H4ClN3OS. The maximum atomic E-state index is 11.1. The first-order chi connectivity index (χ1) is 5.74. The molecule has 0 bridgehead atoms. The van der Waals surface area contributed by atoms with Crippen LogP contribution in [0, 0.1) is 11.3 Å². The summed E-state index contributed by atoms with van der Waals surface area (Å²) >= 11 is 6.50. The molecule has 0 aromatic carbocycles. The third-order valence-electron chi connectivity index (χ3n) is 1.03. The molecule has 1 aromatic heterocycles. The number of rotatable bonds is 2. The summed E-state index contributed by atoms with van der Waals surface area (Å²) in [5, 5.41) is 10.8. The van der Waals surface area contributed by atoms with Crippen molar-refractivity contribution in [2.24, 2.45) is 0 Å². The van der Waals surface area contributed by atoms with E-state index in [1.54, 1.807) is 6.07 Å². The average molecular weight is 202 g/mol. The Bertz CT molecular complexity index is 330. The van der Waals surface area contributed by atoms with Crippen molar-refractivity contribution in [3.63, 3.8) is 0 Å². The van der Waals surface area contributed by atoms with Crippen LogP contribution in [-0.2, 0) is 0 Å². The van der Waals surface area contributed by atoms with Gasteiger partial charge in [0.1, 0.15) is 16.6 Å². The SMILES string of the molecule is N#CCNC(=O)c1cc(Cl)ns1. The van der Waals surface area contributed by atoms with Gasteiger partial charge in [0.25, 0.3) is 5.91 Å². The van der Waals surface area contributed by atoms with Crippen molar-refractivity contribution < 1.29 is 4.79 Å². The van der Waals surface area contributed by atoms with Gasteiger partial charge in [-0.1, -0.05) is 11.6 Å². The van der Waals surface area contributed by atoms with E-state index in [1.165, 1.54) is 6.07 Å². The fourth-order valence-corrected chi connectivity index (χ4v) is 1.40. The van der Waals surface area contributed by atoms with E-state index in [2.05, 4.69) is 9.69 Å². The van der Waals surface area contributed by atoms with Gasteiger partial charge >= 0.3 is 0 Å². The van der Waals surface area contributed by atoms with Gasteiger partial charge < -0.3 is 5.32 Å². The van der Waals surface area contributed by atoms with E-state index in [-0.39, 0.29) is 12.5 Å². The second kappa shape index (κ2) is 4.04. The molecule has 1 N–H and O–H groups in total. The zero-order valence-electron chi connectivity index (χ0n) is 5.87. The standard InChI is InChI=1S/C6H4ClN3OS/c7-5-3-4(12-10-5)6(11)9-2-1-8/h3H,2H2,(H,9,11). The molecule has 0 aliphatic rings. The van der Waals surface area contributed by atoms with Crippen LogP contribution in [0.25, 0.3) is 0 Å². The van der Waals surface area contributed by atoms with Crippen LogP contribution in [0.3, 0.4) is 0 Å². The minimum Gasteiger partial charge on any atom is -0.338 e. The highest BCUT2D eigenvalue weighted by Crippen LogP contribution is 2.13. The van der Waals surface area contributed by atoms with E-state index in [9.17, 15) is 4.79 Å². The van der Waals surface area contributed by atoms with Crippen molar-refractivity contribution in [1.29, 1.82) is 5.26 Å². The van der Waals surface area contributed by atoms with Gasteiger partial charge in [0, 0.05) is 6.07 Å². The second-order valence-electron chi connectivity index (χ2n) is 1.85. The van der Waals surface area contributed by atoms with Crippen LogP contribution in [0.4, 0.5) is 0 Å². The lowest BCUT2D eigenvalue weighted by Crippen LogP contribution is -2.22. The number of nitriles is 1. The number of hydrogen-bond donors (Lipinski definition) is 1. The van der Waals surface area contributed by atoms with Gasteiger partial charge in [0.05, 0.1) is 6.07 Å². The Morgan fingerprint density at radius 2 is 2.67 bits per heavy atom. The molecule has 0 fully saturated rings. The number of aromatic nitrogens is 1. The van der Waals surface area contributed by atoms with Crippen LogP contribution in [0.5, 0.6) is 0 Å². The van der Waals surface area contributed by atoms with Gasteiger partial charge in [-0.2, -0.15) is 9.64 Å². The topological polar surface area (TPSA) is 65.8 Å². The summed E-state index contributed by atoms with van der Waals surface area (Å²) in [5.41, 5.74) is 0. The zero-order valence-corrected chi connectivity index (χ0v) is 7.45. The Kier molecular flexibility index (Phi) is 3.02. The van der Waals surface area contributed by atoms with E-state index in [0.29, 0.717) is 10.0 Å². The number of amides is 1.